The normalized spacial score (nSPS) is 26.4. The molecule has 0 unspecified atom stereocenters. The molecule has 0 N–H and O–H groups in total. The average molecular weight is 195 g/mol. The topological polar surface area (TPSA) is 3.01 Å². The van der Waals surface area contributed by atoms with Crippen molar-refractivity contribution in [2.45, 2.75) is 51.9 Å². The highest BCUT2D eigenvalue weighted by atomic mass is 15.2. The highest BCUT2D eigenvalue weighted by Gasteiger charge is 2.21. The van der Waals surface area contributed by atoms with E-state index in [1.54, 1.807) is 0 Å². The Bertz CT molecular complexity index is 157. The van der Waals surface area contributed by atoms with Crippen molar-refractivity contribution in [3.8, 4) is 0 Å². The van der Waals surface area contributed by atoms with Crippen molar-refractivity contribution >= 4 is 0 Å². The second-order valence-corrected chi connectivity index (χ2v) is 5.36. The van der Waals surface area contributed by atoms with Gasteiger partial charge >= 0.3 is 0 Å². The number of rotatable bonds is 5. The predicted molar refractivity (Wildman–Crippen MR) is 61.4 cm³/mol. The third-order valence-electron chi connectivity index (χ3n) is 4.13. The van der Waals surface area contributed by atoms with Gasteiger partial charge in [-0.2, -0.15) is 0 Å². The molecule has 1 aliphatic carbocycles. The fraction of sp³-hybridized carbons (Fsp3) is 1.00. The molecule has 1 aliphatic heterocycles. The number of hydrogen-bond acceptors (Lipinski definition) is 1. The first-order valence-corrected chi connectivity index (χ1v) is 6.58. The van der Waals surface area contributed by atoms with E-state index in [-0.39, 0.29) is 0 Å². The Kier molecular flexibility index (Phi) is 3.86. The van der Waals surface area contributed by atoms with E-state index in [1.807, 2.05) is 0 Å². The lowest BCUT2D eigenvalue weighted by molar-refractivity contribution is 0.246. The molecular weight excluding hydrogens is 170 g/mol. The van der Waals surface area contributed by atoms with Crippen LogP contribution in [0.25, 0.3) is 0 Å². The van der Waals surface area contributed by atoms with Crippen LogP contribution in [0.1, 0.15) is 51.9 Å². The van der Waals surface area contributed by atoms with E-state index in [2.05, 4.69) is 11.8 Å². The van der Waals surface area contributed by atoms with E-state index >= 15 is 0 Å². The lowest BCUT2D eigenvalue weighted by Crippen LogP contribution is -2.16. The van der Waals surface area contributed by atoms with Crippen LogP contribution in [0.5, 0.6) is 0 Å². The minimum Gasteiger partial charge on any atom is -0.301 e. The van der Waals surface area contributed by atoms with Crippen LogP contribution in [0.2, 0.25) is 0 Å². The van der Waals surface area contributed by atoms with E-state index in [0.717, 1.165) is 11.8 Å². The van der Waals surface area contributed by atoms with Gasteiger partial charge in [0.25, 0.3) is 0 Å². The van der Waals surface area contributed by atoms with Crippen LogP contribution in [0.3, 0.4) is 0 Å². The molecule has 1 saturated carbocycles. The summed E-state index contributed by atoms with van der Waals surface area (Å²) in [6, 6.07) is 0. The van der Waals surface area contributed by atoms with Crippen molar-refractivity contribution < 1.29 is 0 Å². The summed E-state index contributed by atoms with van der Waals surface area (Å²) in [6.07, 6.45) is 10.5. The summed E-state index contributed by atoms with van der Waals surface area (Å²) < 4.78 is 0. The van der Waals surface area contributed by atoms with Gasteiger partial charge in [0.2, 0.25) is 0 Å². The molecule has 14 heavy (non-hydrogen) atoms. The van der Waals surface area contributed by atoms with Crippen molar-refractivity contribution in [2.75, 3.05) is 19.6 Å². The molecule has 2 rings (SSSR count). The Labute approximate surface area is 88.9 Å². The van der Waals surface area contributed by atoms with Crippen LogP contribution in [0.15, 0.2) is 0 Å². The van der Waals surface area contributed by atoms with Crippen LogP contribution >= 0.6 is 0 Å². The second-order valence-electron chi connectivity index (χ2n) is 5.36. The molecule has 0 aromatic rings. The lowest BCUT2D eigenvalue weighted by atomic mass is 9.79. The largest absolute Gasteiger partial charge is 0.301 e. The average Bonchev–Trinajstić information content (AvgIpc) is 3.03. The molecule has 0 aromatic carbocycles. The van der Waals surface area contributed by atoms with Gasteiger partial charge in [-0.3, -0.25) is 0 Å². The Hall–Kier alpha value is -0.0400. The lowest BCUT2D eigenvalue weighted by Gasteiger charge is -2.27. The molecule has 0 aromatic heterocycles. The van der Waals surface area contributed by atoms with Gasteiger partial charge in [0.1, 0.15) is 0 Å². The third kappa shape index (κ3) is 3.27. The molecule has 1 heteroatoms. The summed E-state index contributed by atoms with van der Waals surface area (Å²) in [5.41, 5.74) is 0. The Morgan fingerprint density at radius 1 is 1.14 bits per heavy atom. The van der Waals surface area contributed by atoms with Gasteiger partial charge in [-0.05, 0) is 31.2 Å². The van der Waals surface area contributed by atoms with Gasteiger partial charge in [-0.1, -0.05) is 39.0 Å². The minimum atomic E-state index is 0.996. The maximum absolute atomic E-state index is 2.55. The van der Waals surface area contributed by atoms with Gasteiger partial charge in [0.15, 0.2) is 0 Å². The van der Waals surface area contributed by atoms with Gasteiger partial charge in [-0.15, -0.1) is 0 Å². The summed E-state index contributed by atoms with van der Waals surface area (Å²) in [5, 5.41) is 0. The molecule has 0 spiro atoms. The first-order chi connectivity index (χ1) is 6.86. The molecule has 1 heterocycles. The van der Waals surface area contributed by atoms with Crippen LogP contribution in [0, 0.1) is 11.8 Å². The van der Waals surface area contributed by atoms with Crippen molar-refractivity contribution in [1.82, 2.24) is 4.90 Å². The molecule has 2 aliphatic rings. The summed E-state index contributed by atoms with van der Waals surface area (Å²) in [7, 11) is 0. The molecule has 1 saturated heterocycles. The van der Waals surface area contributed by atoms with Crippen LogP contribution in [-0.2, 0) is 0 Å². The third-order valence-corrected chi connectivity index (χ3v) is 4.13. The van der Waals surface area contributed by atoms with Crippen LogP contribution in [0.4, 0.5) is 0 Å². The monoisotopic (exact) mass is 195 g/mol. The molecule has 0 amide bonds. The van der Waals surface area contributed by atoms with Gasteiger partial charge < -0.3 is 4.90 Å². The minimum absolute atomic E-state index is 0.996. The van der Waals surface area contributed by atoms with Crippen molar-refractivity contribution in [3.05, 3.63) is 0 Å². The smallest absolute Gasteiger partial charge is 0.0110 e. The quantitative estimate of drug-likeness (QED) is 0.608. The summed E-state index contributed by atoms with van der Waals surface area (Å²) in [4.78, 5) is 2.55. The zero-order valence-electron chi connectivity index (χ0n) is 9.67. The standard InChI is InChI=1S/C13H25N/c1-12(6-5-9-14-10-11-14)13-7-3-2-4-8-13/h12-13H,2-11H2,1H3/t12-/m0/s1. The van der Waals surface area contributed by atoms with E-state index in [9.17, 15) is 0 Å². The fourth-order valence-electron chi connectivity index (χ4n) is 2.87. The van der Waals surface area contributed by atoms with E-state index in [1.165, 1.54) is 64.6 Å². The molecule has 1 atom stereocenters. The Morgan fingerprint density at radius 3 is 2.50 bits per heavy atom. The SMILES string of the molecule is C[C@@H](CCCN1CC1)C1CCCCC1. The molecule has 2 fully saturated rings. The van der Waals surface area contributed by atoms with Crippen LogP contribution in [-0.4, -0.2) is 24.5 Å². The van der Waals surface area contributed by atoms with Gasteiger partial charge in [0, 0.05) is 13.1 Å². The highest BCUT2D eigenvalue weighted by Crippen LogP contribution is 2.32. The Morgan fingerprint density at radius 2 is 1.86 bits per heavy atom. The van der Waals surface area contributed by atoms with E-state index in [4.69, 9.17) is 0 Å². The van der Waals surface area contributed by atoms with Gasteiger partial charge in [0.05, 0.1) is 0 Å². The highest BCUT2D eigenvalue weighted by molar-refractivity contribution is 4.74. The first kappa shape index (κ1) is 10.5. The zero-order chi connectivity index (χ0) is 9.80. The van der Waals surface area contributed by atoms with E-state index < -0.39 is 0 Å². The molecule has 0 bridgehead atoms. The molecule has 0 radical (unpaired) electrons. The fourth-order valence-corrected chi connectivity index (χ4v) is 2.87. The number of nitrogens with zero attached hydrogens (tertiary/aromatic N) is 1. The maximum atomic E-state index is 2.55. The molecule has 82 valence electrons. The molecular formula is C13H25N. The summed E-state index contributed by atoms with van der Waals surface area (Å²) in [5.74, 6) is 2.06. The maximum Gasteiger partial charge on any atom is 0.0110 e. The van der Waals surface area contributed by atoms with Crippen molar-refractivity contribution in [1.29, 1.82) is 0 Å². The van der Waals surface area contributed by atoms with Crippen molar-refractivity contribution in [2.24, 2.45) is 11.8 Å². The zero-order valence-corrected chi connectivity index (χ0v) is 9.67. The van der Waals surface area contributed by atoms with Crippen molar-refractivity contribution in [3.63, 3.8) is 0 Å². The first-order valence-electron chi connectivity index (χ1n) is 6.58. The summed E-state index contributed by atoms with van der Waals surface area (Å²) in [6.45, 7) is 6.60. The van der Waals surface area contributed by atoms with E-state index in [0.29, 0.717) is 0 Å². The molecule has 1 nitrogen and oxygen atoms in total. The summed E-state index contributed by atoms with van der Waals surface area (Å²) >= 11 is 0. The van der Waals surface area contributed by atoms with Crippen LogP contribution < -0.4 is 0 Å². The number of hydrogen-bond donors (Lipinski definition) is 0. The van der Waals surface area contributed by atoms with Gasteiger partial charge in [-0.25, -0.2) is 0 Å². The Balaban J connectivity index is 1.57. The predicted octanol–water partition coefficient (Wildman–Crippen LogP) is 3.30. The second kappa shape index (κ2) is 5.16.